The Morgan fingerprint density at radius 2 is 2.67 bits per heavy atom. The molecule has 0 unspecified atom stereocenters. The Morgan fingerprint density at radius 3 is 2.67 bits per heavy atom. The Labute approximate surface area is 39.0 Å². The zero-order chi connectivity index (χ0) is 5.33. The lowest BCUT2D eigenvalue weighted by Gasteiger charge is -2.21. The van der Waals surface area contributed by atoms with Gasteiger partial charge in [0.05, 0.1) is 13.2 Å². The van der Waals surface area contributed by atoms with Crippen LogP contribution in [0.2, 0.25) is 0 Å². The van der Waals surface area contributed by atoms with Crippen molar-refractivity contribution in [3.8, 4) is 0 Å². The maximum Gasteiger partial charge on any atom is 0.0551 e. The van der Waals surface area contributed by atoms with Gasteiger partial charge >= 0.3 is 0 Å². The lowest BCUT2D eigenvalue weighted by atomic mass is 10.1. The van der Waals surface area contributed by atoms with Crippen LogP contribution >= 0.6 is 0 Å². The minimum atomic E-state index is -0.444. The highest BCUT2D eigenvalue weighted by Crippen LogP contribution is 2.08. The first-order valence-corrected chi connectivity index (χ1v) is 1.98. The normalized spacial score (nSPS) is 30.3. The van der Waals surface area contributed by atoms with Crippen LogP contribution in [-0.2, 0) is 4.74 Å². The van der Waals surface area contributed by atoms with Gasteiger partial charge in [0.25, 0.3) is 0 Å². The lowest BCUT2D eigenvalue weighted by molar-refractivity contribution is -0.00749. The van der Waals surface area contributed by atoms with Gasteiger partial charge in [-0.1, -0.05) is 6.08 Å². The van der Waals surface area contributed by atoms with E-state index in [1.807, 2.05) is 0 Å². The van der Waals surface area contributed by atoms with E-state index in [2.05, 4.69) is 6.58 Å². The zero-order valence-electron chi connectivity index (χ0n) is 4.61. The molecule has 1 aliphatic heterocycles. The molecule has 0 radical (unpaired) electrons. The van der Waals surface area contributed by atoms with Crippen LogP contribution in [0.5, 0.6) is 0 Å². The van der Waals surface area contributed by atoms with Gasteiger partial charge in [-0.05, 0) is 0 Å². The van der Waals surface area contributed by atoms with E-state index in [0.29, 0.717) is 13.2 Å². The summed E-state index contributed by atoms with van der Waals surface area (Å²) < 4.78 is 12.0. The molecule has 0 aromatic carbocycles. The van der Waals surface area contributed by atoms with Crippen LogP contribution in [0, 0.1) is 5.89 Å². The summed E-state index contributed by atoms with van der Waals surface area (Å²) in [5.74, 6) is -0.444. The fourth-order valence-corrected chi connectivity index (χ4v) is 0.338. The van der Waals surface area contributed by atoms with Crippen molar-refractivity contribution in [3.05, 3.63) is 12.7 Å². The molecule has 1 saturated heterocycles. The first-order chi connectivity index (χ1) is 3.27. The molecule has 0 saturated carbocycles. The molecule has 1 heteroatoms. The predicted octanol–water partition coefficient (Wildman–Crippen LogP) is 0.819. The summed E-state index contributed by atoms with van der Waals surface area (Å²) in [6.07, 6.45) is 1.62. The minimum absolute atomic E-state index is 0.444. The van der Waals surface area contributed by atoms with Crippen molar-refractivity contribution < 1.29 is 6.11 Å². The van der Waals surface area contributed by atoms with Crippen LogP contribution in [0.15, 0.2) is 12.7 Å². The molecule has 0 aromatic rings. The second-order valence-electron chi connectivity index (χ2n) is 1.36. The van der Waals surface area contributed by atoms with E-state index in [-0.39, 0.29) is 0 Å². The predicted molar refractivity (Wildman–Crippen MR) is 24.5 cm³/mol. The van der Waals surface area contributed by atoms with Crippen LogP contribution in [-0.4, -0.2) is 13.2 Å². The van der Waals surface area contributed by atoms with Gasteiger partial charge in [0.2, 0.25) is 0 Å². The van der Waals surface area contributed by atoms with Crippen molar-refractivity contribution in [2.24, 2.45) is 5.89 Å². The number of rotatable bonds is 1. The fourth-order valence-electron chi connectivity index (χ4n) is 0.338. The van der Waals surface area contributed by atoms with Crippen LogP contribution < -0.4 is 0 Å². The smallest absolute Gasteiger partial charge is 0.0551 e. The first kappa shape index (κ1) is 2.80. The molecule has 1 aliphatic rings. The zero-order valence-corrected chi connectivity index (χ0v) is 3.61. The van der Waals surface area contributed by atoms with Crippen molar-refractivity contribution in [1.29, 1.82) is 0 Å². The molecule has 0 N–H and O–H groups in total. The van der Waals surface area contributed by atoms with Crippen LogP contribution in [0.3, 0.4) is 0 Å². The molecule has 1 heterocycles. The summed E-state index contributed by atoms with van der Waals surface area (Å²) in [6, 6.07) is 0. The maximum absolute atomic E-state index is 7.27. The van der Waals surface area contributed by atoms with Crippen molar-refractivity contribution in [3.63, 3.8) is 0 Å². The van der Waals surface area contributed by atoms with E-state index in [1.54, 1.807) is 6.08 Å². The molecule has 1 rings (SSSR count). The summed E-state index contributed by atoms with van der Waals surface area (Å²) in [5, 5.41) is 0. The molecule has 34 valence electrons. The summed E-state index contributed by atoms with van der Waals surface area (Å²) in [5.41, 5.74) is 0. The SMILES string of the molecule is [2H]C1(C=C)COC1. The van der Waals surface area contributed by atoms with E-state index >= 15 is 0 Å². The second kappa shape index (κ2) is 1.43. The topological polar surface area (TPSA) is 9.23 Å². The van der Waals surface area contributed by atoms with Gasteiger partial charge in [-0.2, -0.15) is 0 Å². The van der Waals surface area contributed by atoms with Gasteiger partial charge in [0, 0.05) is 7.26 Å². The lowest BCUT2D eigenvalue weighted by Crippen LogP contribution is -2.24. The average molecular weight is 85.1 g/mol. The summed E-state index contributed by atoms with van der Waals surface area (Å²) >= 11 is 0. The Kier molecular flexibility index (Phi) is 0.670. The van der Waals surface area contributed by atoms with E-state index in [1.165, 1.54) is 0 Å². The molecule has 6 heavy (non-hydrogen) atoms. The Balaban J connectivity index is 2.43. The molecule has 0 aliphatic carbocycles. The van der Waals surface area contributed by atoms with Crippen LogP contribution in [0.1, 0.15) is 1.37 Å². The Bertz CT molecular complexity index is 86.1. The molecule has 1 nitrogen and oxygen atoms in total. The van der Waals surface area contributed by atoms with Gasteiger partial charge in [0.15, 0.2) is 0 Å². The van der Waals surface area contributed by atoms with Crippen molar-refractivity contribution in [2.45, 2.75) is 0 Å². The number of ether oxygens (including phenoxy) is 1. The highest BCUT2D eigenvalue weighted by atomic mass is 16.5. The summed E-state index contributed by atoms with van der Waals surface area (Å²) in [6.45, 7) is 4.54. The van der Waals surface area contributed by atoms with Gasteiger partial charge in [-0.25, -0.2) is 0 Å². The average Bonchev–Trinajstić information content (AvgIpc) is 1.61. The molecule has 0 amide bonds. The van der Waals surface area contributed by atoms with Crippen LogP contribution in [0.25, 0.3) is 0 Å². The standard InChI is InChI=1S/C5H8O/c1-2-5-3-6-4-5/h2,5H,1,3-4H2/i5D. The molecule has 1 fully saturated rings. The molecule has 0 atom stereocenters. The monoisotopic (exact) mass is 85.1 g/mol. The molecular weight excluding hydrogens is 76.1 g/mol. The van der Waals surface area contributed by atoms with E-state index in [0.717, 1.165) is 0 Å². The van der Waals surface area contributed by atoms with Gasteiger partial charge < -0.3 is 4.74 Å². The van der Waals surface area contributed by atoms with E-state index in [4.69, 9.17) is 6.11 Å². The van der Waals surface area contributed by atoms with Crippen molar-refractivity contribution in [1.82, 2.24) is 0 Å². The number of hydrogen-bond acceptors (Lipinski definition) is 1. The Hall–Kier alpha value is -0.300. The molecule has 0 bridgehead atoms. The van der Waals surface area contributed by atoms with E-state index in [9.17, 15) is 0 Å². The van der Waals surface area contributed by atoms with Gasteiger partial charge in [0.1, 0.15) is 0 Å². The largest absolute Gasteiger partial charge is 0.380 e. The third-order valence-corrected chi connectivity index (χ3v) is 0.864. The summed E-state index contributed by atoms with van der Waals surface area (Å²) in [4.78, 5) is 0. The van der Waals surface area contributed by atoms with Gasteiger partial charge in [-0.3, -0.25) is 0 Å². The van der Waals surface area contributed by atoms with Gasteiger partial charge in [-0.15, -0.1) is 6.58 Å². The highest BCUT2D eigenvalue weighted by Gasteiger charge is 2.12. The van der Waals surface area contributed by atoms with Crippen LogP contribution in [0.4, 0.5) is 0 Å². The first-order valence-electron chi connectivity index (χ1n) is 2.48. The van der Waals surface area contributed by atoms with E-state index < -0.39 is 5.89 Å². The Morgan fingerprint density at radius 1 is 2.00 bits per heavy atom. The highest BCUT2D eigenvalue weighted by molar-refractivity contribution is 4.82. The third kappa shape index (κ3) is 0.455. The molecular formula is C5H8O. The second-order valence-corrected chi connectivity index (χ2v) is 1.36. The summed E-state index contributed by atoms with van der Waals surface area (Å²) in [7, 11) is 0. The minimum Gasteiger partial charge on any atom is -0.380 e. The molecule has 0 aromatic heterocycles. The maximum atomic E-state index is 7.27. The third-order valence-electron chi connectivity index (χ3n) is 0.864. The van der Waals surface area contributed by atoms with Crippen molar-refractivity contribution in [2.75, 3.05) is 13.2 Å². The number of hydrogen-bond donors (Lipinski definition) is 0. The molecule has 0 spiro atoms. The van der Waals surface area contributed by atoms with Crippen molar-refractivity contribution >= 4 is 0 Å². The fraction of sp³-hybridized carbons (Fsp3) is 0.600. The quantitative estimate of drug-likeness (QED) is 0.428.